The van der Waals surface area contributed by atoms with Crippen LogP contribution in [-0.4, -0.2) is 22.1 Å². The van der Waals surface area contributed by atoms with Crippen LogP contribution < -0.4 is 5.32 Å². The van der Waals surface area contributed by atoms with Crippen LogP contribution in [0.2, 0.25) is 0 Å². The van der Waals surface area contributed by atoms with E-state index in [0.29, 0.717) is 23.0 Å². The van der Waals surface area contributed by atoms with E-state index in [1.807, 2.05) is 12.3 Å². The van der Waals surface area contributed by atoms with Crippen LogP contribution in [0.1, 0.15) is 22.1 Å². The first kappa shape index (κ1) is 12.6. The third kappa shape index (κ3) is 2.70. The zero-order valence-electron chi connectivity index (χ0n) is 10.4. The number of oxazole rings is 1. The number of carbonyl (C=O) groups is 1. The number of aryl methyl sites for hydroxylation is 2. The number of rotatable bonds is 3. The molecule has 0 bridgehead atoms. The van der Waals surface area contributed by atoms with Gasteiger partial charge in [0.05, 0.1) is 11.9 Å². The van der Waals surface area contributed by atoms with Crippen molar-refractivity contribution in [2.24, 2.45) is 0 Å². The first-order valence-electron chi connectivity index (χ1n) is 5.34. The molecule has 0 aromatic carbocycles. The normalized spacial score (nSPS) is 10.4. The summed E-state index contributed by atoms with van der Waals surface area (Å²) in [7, 11) is 0. The molecule has 0 aliphatic carbocycles. The molecule has 94 valence electrons. The fourth-order valence-corrected chi connectivity index (χ4v) is 1.94. The Hall–Kier alpha value is -1.82. The minimum atomic E-state index is -0.288. The van der Waals surface area contributed by atoms with Gasteiger partial charge < -0.3 is 9.73 Å². The van der Waals surface area contributed by atoms with E-state index in [1.54, 1.807) is 38.0 Å². The van der Waals surface area contributed by atoms with Gasteiger partial charge in [-0.25, -0.2) is 4.98 Å². The molecule has 0 atom stereocenters. The van der Waals surface area contributed by atoms with E-state index in [4.69, 9.17) is 4.42 Å². The molecule has 0 unspecified atom stereocenters. The van der Waals surface area contributed by atoms with Crippen molar-refractivity contribution in [2.45, 2.75) is 18.7 Å². The van der Waals surface area contributed by atoms with Gasteiger partial charge in [0.15, 0.2) is 11.6 Å². The lowest BCUT2D eigenvalue weighted by atomic mass is 10.3. The van der Waals surface area contributed by atoms with Crippen LogP contribution in [-0.2, 0) is 0 Å². The van der Waals surface area contributed by atoms with Gasteiger partial charge in [0.25, 0.3) is 5.91 Å². The lowest BCUT2D eigenvalue weighted by molar-refractivity contribution is 0.102. The van der Waals surface area contributed by atoms with E-state index in [2.05, 4.69) is 15.3 Å². The van der Waals surface area contributed by atoms with Gasteiger partial charge in [-0.2, -0.15) is 0 Å². The van der Waals surface area contributed by atoms with Crippen molar-refractivity contribution in [2.75, 3.05) is 11.6 Å². The largest absolute Gasteiger partial charge is 0.445 e. The maximum absolute atomic E-state index is 12.0. The summed E-state index contributed by atoms with van der Waals surface area (Å²) >= 11 is 1.57. The van der Waals surface area contributed by atoms with E-state index in [-0.39, 0.29) is 5.91 Å². The average Bonchev–Trinajstić information content (AvgIpc) is 2.69. The minimum absolute atomic E-state index is 0.288. The molecule has 2 heterocycles. The number of pyridine rings is 1. The number of anilines is 1. The maximum Gasteiger partial charge on any atom is 0.277 e. The highest BCUT2D eigenvalue weighted by Gasteiger charge is 2.15. The van der Waals surface area contributed by atoms with Gasteiger partial charge in [0.2, 0.25) is 0 Å². The highest BCUT2D eigenvalue weighted by Crippen LogP contribution is 2.18. The summed E-state index contributed by atoms with van der Waals surface area (Å²) in [4.78, 5) is 21.1. The number of nitrogens with zero attached hydrogens (tertiary/aromatic N) is 2. The predicted molar refractivity (Wildman–Crippen MR) is 69.9 cm³/mol. The van der Waals surface area contributed by atoms with Crippen LogP contribution in [0, 0.1) is 13.8 Å². The standard InChI is InChI=1S/C12H13N3O2S/c1-7-11(14-8(2)17-7)12(16)15-9-4-10(18-3)6-13-5-9/h4-6H,1-3H3,(H,15,16). The molecular weight excluding hydrogens is 250 g/mol. The second-order valence-corrected chi connectivity index (χ2v) is 4.58. The Bertz CT molecular complexity index is 580. The second-order valence-electron chi connectivity index (χ2n) is 3.71. The zero-order chi connectivity index (χ0) is 13.1. The SMILES string of the molecule is CSc1cncc(NC(=O)c2nc(C)oc2C)c1. The first-order valence-corrected chi connectivity index (χ1v) is 6.57. The van der Waals surface area contributed by atoms with E-state index in [1.165, 1.54) is 0 Å². The molecule has 0 radical (unpaired) electrons. The molecule has 0 saturated heterocycles. The fraction of sp³-hybridized carbons (Fsp3) is 0.250. The summed E-state index contributed by atoms with van der Waals surface area (Å²) in [6.45, 7) is 3.42. The molecule has 0 saturated carbocycles. The van der Waals surface area contributed by atoms with Crippen LogP contribution in [0.15, 0.2) is 27.8 Å². The van der Waals surface area contributed by atoms with Gasteiger partial charge in [-0.3, -0.25) is 9.78 Å². The molecule has 0 aliphatic heterocycles. The summed E-state index contributed by atoms with van der Waals surface area (Å²) in [5, 5.41) is 2.75. The van der Waals surface area contributed by atoms with Gasteiger partial charge in [0, 0.05) is 18.0 Å². The summed E-state index contributed by atoms with van der Waals surface area (Å²) in [6.07, 6.45) is 5.29. The van der Waals surface area contributed by atoms with Crippen molar-refractivity contribution in [3.05, 3.63) is 35.8 Å². The average molecular weight is 263 g/mol. The molecule has 18 heavy (non-hydrogen) atoms. The van der Waals surface area contributed by atoms with Crippen LogP contribution in [0.25, 0.3) is 0 Å². The monoisotopic (exact) mass is 263 g/mol. The number of hydrogen-bond acceptors (Lipinski definition) is 5. The van der Waals surface area contributed by atoms with Crippen LogP contribution in [0.4, 0.5) is 5.69 Å². The Morgan fingerprint density at radius 3 is 2.78 bits per heavy atom. The van der Waals surface area contributed by atoms with Gasteiger partial charge in [-0.15, -0.1) is 11.8 Å². The topological polar surface area (TPSA) is 68.0 Å². The predicted octanol–water partition coefficient (Wildman–Crippen LogP) is 2.66. The number of carbonyl (C=O) groups excluding carboxylic acids is 1. The minimum Gasteiger partial charge on any atom is -0.445 e. The van der Waals surface area contributed by atoms with Crippen LogP contribution in [0.3, 0.4) is 0 Å². The van der Waals surface area contributed by atoms with Gasteiger partial charge in [-0.1, -0.05) is 0 Å². The Morgan fingerprint density at radius 1 is 1.39 bits per heavy atom. The first-order chi connectivity index (χ1) is 8.60. The molecule has 0 fully saturated rings. The van der Waals surface area contributed by atoms with E-state index in [9.17, 15) is 4.79 Å². The molecule has 6 heteroatoms. The smallest absolute Gasteiger partial charge is 0.277 e. The number of thioether (sulfide) groups is 1. The van der Waals surface area contributed by atoms with E-state index < -0.39 is 0 Å². The summed E-state index contributed by atoms with van der Waals surface area (Å²) in [5.74, 6) is 0.706. The van der Waals surface area contributed by atoms with Crippen molar-refractivity contribution in [1.82, 2.24) is 9.97 Å². The van der Waals surface area contributed by atoms with Crippen molar-refractivity contribution >= 4 is 23.4 Å². The number of amides is 1. The molecular formula is C12H13N3O2S. The highest BCUT2D eigenvalue weighted by atomic mass is 32.2. The van der Waals surface area contributed by atoms with Gasteiger partial charge in [0.1, 0.15) is 5.76 Å². The lowest BCUT2D eigenvalue weighted by Crippen LogP contribution is -2.13. The molecule has 1 amide bonds. The lowest BCUT2D eigenvalue weighted by Gasteiger charge is -2.04. The van der Waals surface area contributed by atoms with Crippen molar-refractivity contribution in [1.29, 1.82) is 0 Å². The number of hydrogen-bond donors (Lipinski definition) is 1. The van der Waals surface area contributed by atoms with Gasteiger partial charge in [-0.05, 0) is 19.2 Å². The fourth-order valence-electron chi connectivity index (χ4n) is 1.53. The van der Waals surface area contributed by atoms with Crippen molar-refractivity contribution < 1.29 is 9.21 Å². The molecule has 0 spiro atoms. The van der Waals surface area contributed by atoms with E-state index in [0.717, 1.165) is 4.90 Å². The molecule has 2 aromatic rings. The van der Waals surface area contributed by atoms with Crippen LogP contribution in [0.5, 0.6) is 0 Å². The van der Waals surface area contributed by atoms with Crippen molar-refractivity contribution in [3.8, 4) is 0 Å². The molecule has 2 rings (SSSR count). The Kier molecular flexibility index (Phi) is 3.66. The Labute approximate surface area is 109 Å². The molecule has 2 aromatic heterocycles. The molecule has 1 N–H and O–H groups in total. The Morgan fingerprint density at radius 2 is 2.17 bits per heavy atom. The van der Waals surface area contributed by atoms with Gasteiger partial charge >= 0.3 is 0 Å². The van der Waals surface area contributed by atoms with E-state index >= 15 is 0 Å². The molecule has 5 nitrogen and oxygen atoms in total. The van der Waals surface area contributed by atoms with Crippen LogP contribution >= 0.6 is 11.8 Å². The Balaban J connectivity index is 2.18. The zero-order valence-corrected chi connectivity index (χ0v) is 11.2. The third-order valence-electron chi connectivity index (χ3n) is 2.33. The second kappa shape index (κ2) is 5.22. The maximum atomic E-state index is 12.0. The summed E-state index contributed by atoms with van der Waals surface area (Å²) in [6, 6.07) is 1.86. The summed E-state index contributed by atoms with van der Waals surface area (Å²) in [5.41, 5.74) is 0.953. The highest BCUT2D eigenvalue weighted by molar-refractivity contribution is 7.98. The van der Waals surface area contributed by atoms with Crippen molar-refractivity contribution in [3.63, 3.8) is 0 Å². The molecule has 0 aliphatic rings. The number of nitrogens with one attached hydrogen (secondary N) is 1. The number of aromatic nitrogens is 2. The summed E-state index contributed by atoms with van der Waals surface area (Å²) < 4.78 is 5.23. The third-order valence-corrected chi connectivity index (χ3v) is 3.02. The quantitative estimate of drug-likeness (QED) is 0.862.